The Morgan fingerprint density at radius 1 is 1.70 bits per heavy atom. The van der Waals surface area contributed by atoms with Gasteiger partial charge in [0.2, 0.25) is 0 Å². The van der Waals surface area contributed by atoms with E-state index in [9.17, 15) is 4.79 Å². The van der Waals surface area contributed by atoms with Crippen molar-refractivity contribution in [3.8, 4) is 0 Å². The van der Waals surface area contributed by atoms with Crippen LogP contribution in [-0.4, -0.2) is 42.6 Å². The van der Waals surface area contributed by atoms with Crippen LogP contribution in [0.5, 0.6) is 0 Å². The van der Waals surface area contributed by atoms with Gasteiger partial charge in [-0.2, -0.15) is 0 Å². The Bertz CT molecular complexity index is 196. The van der Waals surface area contributed by atoms with Crippen molar-refractivity contribution >= 4 is 46.9 Å². The van der Waals surface area contributed by atoms with Crippen LogP contribution < -0.4 is 0 Å². The third-order valence-corrected chi connectivity index (χ3v) is 1.76. The molecule has 0 aliphatic heterocycles. The quantitative estimate of drug-likeness (QED) is 0.457. The Hall–Kier alpha value is 0.170. The molecule has 0 saturated carbocycles. The van der Waals surface area contributed by atoms with E-state index in [1.807, 2.05) is 11.4 Å². The maximum absolute atomic E-state index is 10.7. The molecule has 0 aliphatic rings. The molecule has 10 heavy (non-hydrogen) atoms. The van der Waals surface area contributed by atoms with Crippen LogP contribution in [0, 0.1) is 0 Å². The summed E-state index contributed by atoms with van der Waals surface area (Å²) in [6, 6.07) is 3.55. The summed E-state index contributed by atoms with van der Waals surface area (Å²) in [7, 11) is 1.38. The van der Waals surface area contributed by atoms with Crippen LogP contribution in [0.4, 0.5) is 0 Å². The number of ether oxygens (including phenoxy) is 1. The van der Waals surface area contributed by atoms with Gasteiger partial charge in [-0.25, -0.2) is 4.79 Å². The van der Waals surface area contributed by atoms with E-state index in [0.29, 0.717) is 4.88 Å². The van der Waals surface area contributed by atoms with Gasteiger partial charge < -0.3 is 4.74 Å². The van der Waals surface area contributed by atoms with Crippen LogP contribution in [0.3, 0.4) is 0 Å². The SMILES string of the molecule is COC(=O)c1cccs1.[NaH]. The zero-order valence-electron chi connectivity index (χ0n) is 4.96. The molecule has 50 valence electrons. The number of thiophene rings is 1. The van der Waals surface area contributed by atoms with Crippen molar-refractivity contribution in [1.82, 2.24) is 0 Å². The van der Waals surface area contributed by atoms with Crippen molar-refractivity contribution in [2.24, 2.45) is 0 Å². The Morgan fingerprint density at radius 2 is 2.40 bits per heavy atom. The van der Waals surface area contributed by atoms with Gasteiger partial charge in [-0.3, -0.25) is 0 Å². The Labute approximate surface area is 85.5 Å². The van der Waals surface area contributed by atoms with Crippen LogP contribution in [0.1, 0.15) is 9.67 Å². The summed E-state index contributed by atoms with van der Waals surface area (Å²) in [6.45, 7) is 0. The minimum absolute atomic E-state index is 0. The summed E-state index contributed by atoms with van der Waals surface area (Å²) >= 11 is 1.38. The zero-order valence-corrected chi connectivity index (χ0v) is 5.77. The number of hydrogen-bond acceptors (Lipinski definition) is 3. The molecule has 1 rings (SSSR count). The number of esters is 1. The van der Waals surface area contributed by atoms with E-state index in [1.165, 1.54) is 18.4 Å². The summed E-state index contributed by atoms with van der Waals surface area (Å²) in [6.07, 6.45) is 0. The van der Waals surface area contributed by atoms with E-state index in [2.05, 4.69) is 4.74 Å². The first kappa shape index (κ1) is 10.2. The molecule has 2 nitrogen and oxygen atoms in total. The van der Waals surface area contributed by atoms with Crippen LogP contribution in [-0.2, 0) is 4.74 Å². The average molecular weight is 166 g/mol. The number of rotatable bonds is 1. The standard InChI is InChI=1S/C6H6O2S.Na.H/c1-8-6(7)5-3-2-4-9-5;;/h2-4H,1H3;;. The molecule has 0 unspecified atom stereocenters. The fourth-order valence-electron chi connectivity index (χ4n) is 0.495. The monoisotopic (exact) mass is 166 g/mol. The molecule has 0 fully saturated rings. The fourth-order valence-corrected chi connectivity index (χ4v) is 1.14. The minimum atomic E-state index is -0.259. The summed E-state index contributed by atoms with van der Waals surface area (Å²) in [5.41, 5.74) is 0. The second-order valence-electron chi connectivity index (χ2n) is 1.47. The summed E-state index contributed by atoms with van der Waals surface area (Å²) in [4.78, 5) is 11.3. The fraction of sp³-hybridized carbons (Fsp3) is 0.167. The molecule has 0 N–H and O–H groups in total. The van der Waals surface area contributed by atoms with Gasteiger partial charge in [0, 0.05) is 0 Å². The molecule has 1 heterocycles. The van der Waals surface area contributed by atoms with E-state index in [1.54, 1.807) is 6.07 Å². The van der Waals surface area contributed by atoms with Gasteiger partial charge >= 0.3 is 35.5 Å². The van der Waals surface area contributed by atoms with Gasteiger partial charge in [-0.15, -0.1) is 11.3 Å². The first-order valence-electron chi connectivity index (χ1n) is 2.46. The predicted octanol–water partition coefficient (Wildman–Crippen LogP) is 0.886. The molecule has 0 aromatic carbocycles. The number of carbonyl (C=O) groups is 1. The van der Waals surface area contributed by atoms with Gasteiger partial charge in [0.05, 0.1) is 7.11 Å². The van der Waals surface area contributed by atoms with Crippen molar-refractivity contribution in [3.63, 3.8) is 0 Å². The summed E-state index contributed by atoms with van der Waals surface area (Å²) in [5.74, 6) is -0.259. The molecule has 1 aromatic rings. The predicted molar refractivity (Wildman–Crippen MR) is 42.8 cm³/mol. The first-order chi connectivity index (χ1) is 4.34. The molecule has 0 atom stereocenters. The van der Waals surface area contributed by atoms with Gasteiger partial charge in [0.1, 0.15) is 4.88 Å². The molecule has 0 amide bonds. The molecule has 0 aliphatic carbocycles. The van der Waals surface area contributed by atoms with E-state index < -0.39 is 0 Å². The third-order valence-electron chi connectivity index (χ3n) is 0.908. The first-order valence-corrected chi connectivity index (χ1v) is 3.34. The molecular formula is C6H7NaO2S. The number of methoxy groups -OCH3 is 1. The third kappa shape index (κ3) is 2.42. The molecular weight excluding hydrogens is 159 g/mol. The Kier molecular flexibility index (Phi) is 4.99. The summed E-state index contributed by atoms with van der Waals surface area (Å²) in [5, 5.41) is 1.84. The van der Waals surface area contributed by atoms with Crippen molar-refractivity contribution in [2.45, 2.75) is 0 Å². The molecule has 0 bridgehead atoms. The average Bonchev–Trinajstić information content (AvgIpc) is 2.37. The van der Waals surface area contributed by atoms with Crippen molar-refractivity contribution < 1.29 is 9.53 Å². The van der Waals surface area contributed by atoms with E-state index in [0.717, 1.165) is 0 Å². The molecule has 4 heteroatoms. The second-order valence-corrected chi connectivity index (χ2v) is 2.42. The normalized spacial score (nSPS) is 8.10. The van der Waals surface area contributed by atoms with Crippen LogP contribution in [0.2, 0.25) is 0 Å². The molecule has 1 aromatic heterocycles. The van der Waals surface area contributed by atoms with Crippen molar-refractivity contribution in [1.29, 1.82) is 0 Å². The van der Waals surface area contributed by atoms with Gasteiger partial charge in [-0.1, -0.05) is 6.07 Å². The number of carbonyl (C=O) groups excluding carboxylic acids is 1. The Balaban J connectivity index is 0.000000810. The second kappa shape index (κ2) is 4.91. The number of hydrogen-bond donors (Lipinski definition) is 0. The molecule has 0 radical (unpaired) electrons. The van der Waals surface area contributed by atoms with Crippen LogP contribution >= 0.6 is 11.3 Å². The van der Waals surface area contributed by atoms with Gasteiger partial charge in [0.25, 0.3) is 0 Å². The van der Waals surface area contributed by atoms with E-state index in [-0.39, 0.29) is 35.5 Å². The van der Waals surface area contributed by atoms with E-state index in [4.69, 9.17) is 0 Å². The van der Waals surface area contributed by atoms with Crippen LogP contribution in [0.25, 0.3) is 0 Å². The van der Waals surface area contributed by atoms with Crippen molar-refractivity contribution in [2.75, 3.05) is 7.11 Å². The van der Waals surface area contributed by atoms with Crippen molar-refractivity contribution in [3.05, 3.63) is 22.4 Å². The Morgan fingerprint density at radius 3 is 2.80 bits per heavy atom. The van der Waals surface area contributed by atoms with E-state index >= 15 is 0 Å². The molecule has 0 spiro atoms. The zero-order chi connectivity index (χ0) is 6.69. The van der Waals surface area contributed by atoms with Crippen LogP contribution in [0.15, 0.2) is 17.5 Å². The van der Waals surface area contributed by atoms with Gasteiger partial charge in [0.15, 0.2) is 0 Å². The van der Waals surface area contributed by atoms with Gasteiger partial charge in [-0.05, 0) is 11.4 Å². The summed E-state index contributed by atoms with van der Waals surface area (Å²) < 4.78 is 4.47. The maximum atomic E-state index is 10.7. The topological polar surface area (TPSA) is 26.3 Å². The molecule has 0 saturated heterocycles.